The number of benzene rings is 2. The Kier molecular flexibility index (Phi) is 7.82. The van der Waals surface area contributed by atoms with Crippen LogP contribution in [0.5, 0.6) is 11.5 Å². The predicted octanol–water partition coefficient (Wildman–Crippen LogP) is 3.26. The first kappa shape index (κ1) is 20.5. The molecule has 142 valence electrons. The van der Waals surface area contributed by atoms with Gasteiger partial charge < -0.3 is 14.8 Å². The SMILES string of the molecule is COc1ccc(CCNC(=S)NC(=O)/C=C/c2ccc(C)cc2)cc1OC. The lowest BCUT2D eigenvalue weighted by atomic mass is 10.1. The molecule has 0 unspecified atom stereocenters. The highest BCUT2D eigenvalue weighted by molar-refractivity contribution is 7.80. The molecule has 0 aliphatic heterocycles. The molecule has 0 spiro atoms. The van der Waals surface area contributed by atoms with Crippen molar-refractivity contribution in [1.29, 1.82) is 0 Å². The molecule has 6 heteroatoms. The molecule has 0 fully saturated rings. The Morgan fingerprint density at radius 2 is 1.78 bits per heavy atom. The number of methoxy groups -OCH3 is 2. The number of thiocarbonyl (C=S) groups is 1. The minimum Gasteiger partial charge on any atom is -0.493 e. The molecule has 0 saturated carbocycles. The van der Waals surface area contributed by atoms with Crippen molar-refractivity contribution in [3.8, 4) is 11.5 Å². The molecule has 2 rings (SSSR count). The molecule has 27 heavy (non-hydrogen) atoms. The van der Waals surface area contributed by atoms with E-state index in [-0.39, 0.29) is 5.91 Å². The second-order valence-electron chi connectivity index (χ2n) is 5.93. The van der Waals surface area contributed by atoms with Crippen molar-refractivity contribution in [3.63, 3.8) is 0 Å². The number of carbonyl (C=O) groups excluding carboxylic acids is 1. The lowest BCUT2D eigenvalue weighted by molar-refractivity contribution is -0.115. The minimum atomic E-state index is -0.265. The Hall–Kier alpha value is -2.86. The van der Waals surface area contributed by atoms with Gasteiger partial charge in [0.05, 0.1) is 14.2 Å². The normalized spacial score (nSPS) is 10.5. The highest BCUT2D eigenvalue weighted by atomic mass is 32.1. The van der Waals surface area contributed by atoms with E-state index in [1.807, 2.05) is 49.4 Å². The lowest BCUT2D eigenvalue weighted by Crippen LogP contribution is -2.39. The van der Waals surface area contributed by atoms with Crippen molar-refractivity contribution in [2.45, 2.75) is 13.3 Å². The van der Waals surface area contributed by atoms with Crippen LogP contribution in [-0.4, -0.2) is 31.8 Å². The standard InChI is InChI=1S/C21H24N2O3S/c1-15-4-6-16(7-5-15)9-11-20(24)23-21(27)22-13-12-17-8-10-18(25-2)19(14-17)26-3/h4-11,14H,12-13H2,1-3H3,(H2,22,23,24,27)/b11-9+. The van der Waals surface area contributed by atoms with Crippen LogP contribution in [0, 0.1) is 6.92 Å². The van der Waals surface area contributed by atoms with Gasteiger partial charge in [-0.15, -0.1) is 0 Å². The summed E-state index contributed by atoms with van der Waals surface area (Å²) in [6.45, 7) is 2.61. The van der Waals surface area contributed by atoms with Gasteiger partial charge in [0.15, 0.2) is 16.6 Å². The summed E-state index contributed by atoms with van der Waals surface area (Å²) in [5.41, 5.74) is 3.22. The van der Waals surface area contributed by atoms with E-state index in [1.165, 1.54) is 11.6 Å². The third-order valence-electron chi connectivity index (χ3n) is 3.89. The largest absolute Gasteiger partial charge is 0.493 e. The Morgan fingerprint density at radius 3 is 2.44 bits per heavy atom. The Bertz CT molecular complexity index is 817. The molecule has 0 aliphatic carbocycles. The highest BCUT2D eigenvalue weighted by Gasteiger charge is 2.05. The monoisotopic (exact) mass is 384 g/mol. The minimum absolute atomic E-state index is 0.265. The van der Waals surface area contributed by atoms with Crippen LogP contribution < -0.4 is 20.1 Å². The van der Waals surface area contributed by atoms with Crippen LogP contribution in [0.15, 0.2) is 48.5 Å². The quantitative estimate of drug-likeness (QED) is 0.567. The van der Waals surface area contributed by atoms with E-state index >= 15 is 0 Å². The van der Waals surface area contributed by atoms with Crippen molar-refractivity contribution >= 4 is 29.3 Å². The van der Waals surface area contributed by atoms with Gasteiger partial charge in [-0.2, -0.15) is 0 Å². The number of rotatable bonds is 7. The zero-order valence-corrected chi connectivity index (χ0v) is 16.6. The summed E-state index contributed by atoms with van der Waals surface area (Å²) < 4.78 is 10.5. The van der Waals surface area contributed by atoms with Gasteiger partial charge in [0.1, 0.15) is 0 Å². The maximum Gasteiger partial charge on any atom is 0.250 e. The van der Waals surface area contributed by atoms with Crippen molar-refractivity contribution in [1.82, 2.24) is 10.6 Å². The molecule has 5 nitrogen and oxygen atoms in total. The molecule has 2 aromatic carbocycles. The molecule has 0 heterocycles. The van der Waals surface area contributed by atoms with Gasteiger partial charge in [0.2, 0.25) is 5.91 Å². The Morgan fingerprint density at radius 1 is 1.07 bits per heavy atom. The summed E-state index contributed by atoms with van der Waals surface area (Å²) in [7, 11) is 3.21. The van der Waals surface area contributed by atoms with E-state index in [9.17, 15) is 4.79 Å². The molecule has 0 saturated heterocycles. The molecule has 0 radical (unpaired) electrons. The maximum absolute atomic E-state index is 11.9. The molecule has 0 aliphatic rings. The van der Waals surface area contributed by atoms with E-state index in [0.717, 1.165) is 17.5 Å². The van der Waals surface area contributed by atoms with Crippen molar-refractivity contribution < 1.29 is 14.3 Å². The van der Waals surface area contributed by atoms with E-state index in [2.05, 4.69) is 10.6 Å². The van der Waals surface area contributed by atoms with Crippen molar-refractivity contribution in [2.24, 2.45) is 0 Å². The first-order chi connectivity index (χ1) is 13.0. The molecule has 1 amide bonds. The average molecular weight is 385 g/mol. The first-order valence-electron chi connectivity index (χ1n) is 8.56. The van der Waals surface area contributed by atoms with Crippen molar-refractivity contribution in [3.05, 3.63) is 65.2 Å². The van der Waals surface area contributed by atoms with Gasteiger partial charge >= 0.3 is 0 Å². The number of aryl methyl sites for hydroxylation is 1. The summed E-state index contributed by atoms with van der Waals surface area (Å²) in [6, 6.07) is 13.7. The topological polar surface area (TPSA) is 59.6 Å². The number of carbonyl (C=O) groups is 1. The van der Waals surface area contributed by atoms with Gasteiger partial charge in [-0.3, -0.25) is 10.1 Å². The average Bonchev–Trinajstić information content (AvgIpc) is 2.67. The summed E-state index contributed by atoms with van der Waals surface area (Å²) in [4.78, 5) is 11.9. The molecule has 0 aromatic heterocycles. The fraction of sp³-hybridized carbons (Fsp3) is 0.238. The molecular formula is C21H24N2O3S. The zero-order valence-electron chi connectivity index (χ0n) is 15.7. The smallest absolute Gasteiger partial charge is 0.250 e. The van der Waals surface area contributed by atoms with Crippen LogP contribution in [0.2, 0.25) is 0 Å². The second kappa shape index (κ2) is 10.3. The van der Waals surface area contributed by atoms with E-state index in [4.69, 9.17) is 21.7 Å². The van der Waals surface area contributed by atoms with E-state index < -0.39 is 0 Å². The Labute approximate surface area is 165 Å². The van der Waals surface area contributed by atoms with Gasteiger partial charge in [-0.1, -0.05) is 35.9 Å². The van der Waals surface area contributed by atoms with Crippen LogP contribution in [0.4, 0.5) is 0 Å². The van der Waals surface area contributed by atoms with Gasteiger partial charge in [-0.05, 0) is 54.9 Å². The molecule has 0 atom stereocenters. The van der Waals surface area contributed by atoms with Crippen LogP contribution in [-0.2, 0) is 11.2 Å². The number of amides is 1. The van der Waals surface area contributed by atoms with Crippen LogP contribution in [0.25, 0.3) is 6.08 Å². The number of hydrogen-bond donors (Lipinski definition) is 2. The third-order valence-corrected chi connectivity index (χ3v) is 4.13. The number of nitrogens with one attached hydrogen (secondary N) is 2. The number of hydrogen-bond acceptors (Lipinski definition) is 4. The third kappa shape index (κ3) is 6.75. The van der Waals surface area contributed by atoms with Crippen LogP contribution in [0.3, 0.4) is 0 Å². The fourth-order valence-corrected chi connectivity index (χ4v) is 2.61. The van der Waals surface area contributed by atoms with Crippen LogP contribution >= 0.6 is 12.2 Å². The summed E-state index contributed by atoms with van der Waals surface area (Å²) in [6.07, 6.45) is 3.95. The molecular weight excluding hydrogens is 360 g/mol. The highest BCUT2D eigenvalue weighted by Crippen LogP contribution is 2.27. The molecule has 2 aromatic rings. The van der Waals surface area contributed by atoms with E-state index in [1.54, 1.807) is 20.3 Å². The first-order valence-corrected chi connectivity index (χ1v) is 8.97. The number of ether oxygens (including phenoxy) is 2. The maximum atomic E-state index is 11.9. The van der Waals surface area contributed by atoms with Gasteiger partial charge in [0.25, 0.3) is 0 Å². The summed E-state index contributed by atoms with van der Waals surface area (Å²) in [5.74, 6) is 1.11. The fourth-order valence-electron chi connectivity index (χ4n) is 2.40. The summed E-state index contributed by atoms with van der Waals surface area (Å²) in [5, 5.41) is 5.97. The van der Waals surface area contributed by atoms with Crippen molar-refractivity contribution in [2.75, 3.05) is 20.8 Å². The van der Waals surface area contributed by atoms with Gasteiger partial charge in [0, 0.05) is 12.6 Å². The zero-order chi connectivity index (χ0) is 19.6. The summed E-state index contributed by atoms with van der Waals surface area (Å²) >= 11 is 5.16. The molecule has 0 bridgehead atoms. The predicted molar refractivity (Wildman–Crippen MR) is 112 cm³/mol. The van der Waals surface area contributed by atoms with Crippen LogP contribution in [0.1, 0.15) is 16.7 Å². The second-order valence-corrected chi connectivity index (χ2v) is 6.34. The van der Waals surface area contributed by atoms with E-state index in [0.29, 0.717) is 23.2 Å². The Balaban J connectivity index is 1.77. The molecule has 2 N–H and O–H groups in total. The van der Waals surface area contributed by atoms with Gasteiger partial charge in [-0.25, -0.2) is 0 Å². The lowest BCUT2D eigenvalue weighted by Gasteiger charge is -2.11.